The smallest absolute Gasteiger partial charge is 0.407 e. The number of H-pyrrole nitrogens is 2. The van der Waals surface area contributed by atoms with Crippen LogP contribution in [-0.4, -0.2) is 106 Å². The molecule has 2 aliphatic heterocycles. The summed E-state index contributed by atoms with van der Waals surface area (Å²) in [4.78, 5) is 62.2. The van der Waals surface area contributed by atoms with E-state index in [1.807, 2.05) is 92.3 Å². The van der Waals surface area contributed by atoms with Gasteiger partial charge in [0.1, 0.15) is 23.7 Å². The molecule has 4 aromatic carbocycles. The Labute approximate surface area is 362 Å². The predicted molar refractivity (Wildman–Crippen MR) is 240 cm³/mol. The van der Waals surface area contributed by atoms with Gasteiger partial charge in [-0.15, -0.1) is 0 Å². The van der Waals surface area contributed by atoms with Crippen molar-refractivity contribution in [2.24, 2.45) is 5.92 Å². The summed E-state index contributed by atoms with van der Waals surface area (Å²) >= 11 is 0. The average molecular weight is 837 g/mol. The van der Waals surface area contributed by atoms with Crippen molar-refractivity contribution < 1.29 is 23.9 Å². The molecular formula is C49H56N8O5. The molecule has 0 unspecified atom stereocenters. The number of benzene rings is 4. The number of aromatic nitrogens is 4. The van der Waals surface area contributed by atoms with Crippen LogP contribution in [0.25, 0.3) is 44.4 Å². The molecule has 6 aromatic rings. The van der Waals surface area contributed by atoms with E-state index in [0.717, 1.165) is 74.5 Å². The van der Waals surface area contributed by atoms with Gasteiger partial charge in [0.15, 0.2) is 0 Å². The highest BCUT2D eigenvalue weighted by molar-refractivity contribution is 5.91. The van der Waals surface area contributed by atoms with Crippen LogP contribution in [0.3, 0.4) is 0 Å². The Hall–Kier alpha value is -6.31. The Bertz CT molecular complexity index is 2510. The van der Waals surface area contributed by atoms with Gasteiger partial charge in [-0.2, -0.15) is 0 Å². The average Bonchev–Trinajstić information content (AvgIpc) is 4.12. The number of hydrogen-bond donors (Lipinski definition) is 3. The number of likely N-dealkylation sites (N-methyl/N-ethyl adjacent to an activating group) is 1. The van der Waals surface area contributed by atoms with Crippen LogP contribution in [0.2, 0.25) is 0 Å². The number of methoxy groups -OCH3 is 1. The van der Waals surface area contributed by atoms with Crippen molar-refractivity contribution in [3.8, 4) is 33.6 Å². The lowest BCUT2D eigenvalue weighted by molar-refractivity contribution is -0.138. The van der Waals surface area contributed by atoms with E-state index in [1.54, 1.807) is 0 Å². The Morgan fingerprint density at radius 2 is 1.40 bits per heavy atom. The number of nitrogens with zero attached hydrogens (tertiary/aromatic N) is 5. The first kappa shape index (κ1) is 42.4. The van der Waals surface area contributed by atoms with Gasteiger partial charge in [0.05, 0.1) is 49.1 Å². The van der Waals surface area contributed by atoms with E-state index in [9.17, 15) is 14.4 Å². The van der Waals surface area contributed by atoms with Crippen molar-refractivity contribution in [2.75, 3.05) is 40.9 Å². The highest BCUT2D eigenvalue weighted by Crippen LogP contribution is 2.38. The van der Waals surface area contributed by atoms with E-state index in [0.29, 0.717) is 26.1 Å². The number of rotatable bonds is 13. The van der Waals surface area contributed by atoms with Crippen LogP contribution >= 0.6 is 0 Å². The normalized spacial score (nSPS) is 18.7. The zero-order valence-corrected chi connectivity index (χ0v) is 36.3. The Balaban J connectivity index is 0.959. The van der Waals surface area contributed by atoms with Crippen molar-refractivity contribution in [3.63, 3.8) is 0 Å². The highest BCUT2D eigenvalue weighted by Gasteiger charge is 2.42. The van der Waals surface area contributed by atoms with E-state index < -0.39 is 18.2 Å². The van der Waals surface area contributed by atoms with Crippen LogP contribution in [0.5, 0.6) is 0 Å². The van der Waals surface area contributed by atoms with Crippen molar-refractivity contribution in [1.29, 1.82) is 0 Å². The maximum absolute atomic E-state index is 14.2. The second-order valence-corrected chi connectivity index (χ2v) is 16.9. The van der Waals surface area contributed by atoms with Gasteiger partial charge in [0.25, 0.3) is 0 Å². The van der Waals surface area contributed by atoms with Crippen molar-refractivity contribution in [3.05, 3.63) is 121 Å². The molecule has 13 heteroatoms. The minimum Gasteiger partial charge on any atom is -0.453 e. The van der Waals surface area contributed by atoms with Crippen LogP contribution in [0.1, 0.15) is 75.4 Å². The SMILES string of the molecule is CCO[C@H]1C[C@@H](c2ncc(-c3ccc(-c4ccc5cc(-c6cnc([C@@H]7CCCN7C(=O)[C@@H](NC(=O)OC)C(C)C)[nH]6)ccc5c4)cc3)[nH]2)N(C(=O)[C@@H](c2ccccc2)N(C)C)C1. The van der Waals surface area contributed by atoms with E-state index in [-0.39, 0.29) is 35.9 Å². The third-order valence-corrected chi connectivity index (χ3v) is 12.2. The number of amides is 3. The second kappa shape index (κ2) is 18.3. The van der Waals surface area contributed by atoms with Gasteiger partial charge < -0.3 is 34.6 Å². The molecule has 3 amide bonds. The van der Waals surface area contributed by atoms with Crippen molar-refractivity contribution >= 4 is 28.7 Å². The van der Waals surface area contributed by atoms with E-state index in [2.05, 4.69) is 75.9 Å². The Morgan fingerprint density at radius 3 is 2.05 bits per heavy atom. The summed E-state index contributed by atoms with van der Waals surface area (Å²) in [6.45, 7) is 7.50. The molecule has 8 rings (SSSR count). The third-order valence-electron chi connectivity index (χ3n) is 12.2. The highest BCUT2D eigenvalue weighted by atomic mass is 16.5. The minimum absolute atomic E-state index is 0.0339. The van der Waals surface area contributed by atoms with Gasteiger partial charge >= 0.3 is 6.09 Å². The second-order valence-electron chi connectivity index (χ2n) is 16.9. The summed E-state index contributed by atoms with van der Waals surface area (Å²) in [5, 5.41) is 4.93. The standard InChI is InChI=1S/C49H56N8O5/c1-7-62-38-26-42(57(29-38)48(59)44(55(4)5)33-12-9-8-10-13-33)46-51-27-39(52-46)32-17-15-31(16-18-32)34-19-20-36-25-37(22-21-35(36)24-34)40-28-50-45(53-40)41-14-11-23-56(41)47(58)43(30(2)3)54-49(60)61-6/h8-10,12-13,15-22,24-25,27-28,30,38,41-44H,7,11,14,23,26,29H2,1-6H3,(H,50,53)(H,51,52)(H,54,60)/t38-,41-,42-,43-,44+/m0/s1. The third kappa shape index (κ3) is 8.73. The van der Waals surface area contributed by atoms with Crippen LogP contribution in [0.15, 0.2) is 103 Å². The van der Waals surface area contributed by atoms with Crippen molar-refractivity contribution in [2.45, 2.75) is 70.3 Å². The fourth-order valence-electron chi connectivity index (χ4n) is 9.04. The molecule has 0 radical (unpaired) electrons. The lowest BCUT2D eigenvalue weighted by Gasteiger charge is -2.31. The van der Waals surface area contributed by atoms with Gasteiger partial charge in [-0.1, -0.05) is 92.7 Å². The molecule has 2 saturated heterocycles. The minimum atomic E-state index is -0.685. The molecule has 2 fully saturated rings. The summed E-state index contributed by atoms with van der Waals surface area (Å²) in [5.41, 5.74) is 6.93. The van der Waals surface area contributed by atoms with Gasteiger partial charge in [-0.25, -0.2) is 14.8 Å². The van der Waals surface area contributed by atoms with Gasteiger partial charge in [-0.3, -0.25) is 14.5 Å². The molecule has 0 spiro atoms. The molecule has 0 bridgehead atoms. The number of imidazole rings is 2. The number of fused-ring (bicyclic) bond motifs is 1. The quantitative estimate of drug-likeness (QED) is 0.105. The first-order chi connectivity index (χ1) is 30.0. The molecule has 2 aliphatic rings. The molecule has 4 heterocycles. The summed E-state index contributed by atoms with van der Waals surface area (Å²) in [5.74, 6) is 1.29. The van der Waals surface area contributed by atoms with Crippen LogP contribution in [-0.2, 0) is 19.1 Å². The molecule has 2 aromatic heterocycles. The fourth-order valence-corrected chi connectivity index (χ4v) is 9.04. The topological polar surface area (TPSA) is 149 Å². The zero-order valence-electron chi connectivity index (χ0n) is 36.3. The van der Waals surface area contributed by atoms with E-state index in [4.69, 9.17) is 19.4 Å². The van der Waals surface area contributed by atoms with Crippen LogP contribution in [0, 0.1) is 5.92 Å². The number of aromatic amines is 2. The summed E-state index contributed by atoms with van der Waals surface area (Å²) < 4.78 is 10.8. The molecule has 62 heavy (non-hydrogen) atoms. The van der Waals surface area contributed by atoms with E-state index >= 15 is 0 Å². The lowest BCUT2D eigenvalue weighted by atomic mass is 9.98. The number of carbonyl (C=O) groups is 3. The number of hydrogen-bond acceptors (Lipinski definition) is 8. The molecular weight excluding hydrogens is 781 g/mol. The molecule has 13 nitrogen and oxygen atoms in total. The number of likely N-dealkylation sites (tertiary alicyclic amines) is 2. The van der Waals surface area contributed by atoms with Gasteiger partial charge in [0.2, 0.25) is 11.8 Å². The number of nitrogens with one attached hydrogen (secondary N) is 3. The maximum atomic E-state index is 14.2. The maximum Gasteiger partial charge on any atom is 0.407 e. The summed E-state index contributed by atoms with van der Waals surface area (Å²) in [7, 11) is 5.18. The first-order valence-corrected chi connectivity index (χ1v) is 21.6. The molecule has 3 N–H and O–H groups in total. The first-order valence-electron chi connectivity index (χ1n) is 21.6. The number of ether oxygens (including phenoxy) is 2. The molecule has 5 atom stereocenters. The molecule has 322 valence electrons. The molecule has 0 aliphatic carbocycles. The number of alkyl carbamates (subject to hydrolysis) is 1. The number of carbonyl (C=O) groups excluding carboxylic acids is 3. The molecule has 0 saturated carbocycles. The monoisotopic (exact) mass is 836 g/mol. The van der Waals surface area contributed by atoms with Crippen LogP contribution in [0.4, 0.5) is 4.79 Å². The van der Waals surface area contributed by atoms with Crippen LogP contribution < -0.4 is 5.32 Å². The summed E-state index contributed by atoms with van der Waals surface area (Å²) in [6.07, 6.45) is 5.31. The van der Waals surface area contributed by atoms with E-state index in [1.165, 1.54) is 7.11 Å². The van der Waals surface area contributed by atoms with Crippen molar-refractivity contribution in [1.82, 2.24) is 40.0 Å². The van der Waals surface area contributed by atoms with Gasteiger partial charge in [-0.05, 0) is 84.9 Å². The lowest BCUT2D eigenvalue weighted by Crippen LogP contribution is -2.51. The summed E-state index contributed by atoms with van der Waals surface area (Å²) in [6, 6.07) is 29.7. The Morgan fingerprint density at radius 1 is 0.790 bits per heavy atom. The zero-order chi connectivity index (χ0) is 43.5. The van der Waals surface area contributed by atoms with Gasteiger partial charge in [0, 0.05) is 31.7 Å². The fraction of sp³-hybridized carbons (Fsp3) is 0.367. The largest absolute Gasteiger partial charge is 0.453 e. The Kier molecular flexibility index (Phi) is 12.5. The predicted octanol–water partition coefficient (Wildman–Crippen LogP) is 8.31.